The maximum atomic E-state index is 11.9. The number of amides is 2. The van der Waals surface area contributed by atoms with Crippen LogP contribution in [-0.2, 0) is 0 Å². The van der Waals surface area contributed by atoms with Gasteiger partial charge in [-0.25, -0.2) is 4.79 Å². The van der Waals surface area contributed by atoms with Gasteiger partial charge in [-0.2, -0.15) is 0 Å². The summed E-state index contributed by atoms with van der Waals surface area (Å²) in [5, 5.41) is 5.81. The highest BCUT2D eigenvalue weighted by Crippen LogP contribution is 2.23. The Labute approximate surface area is 109 Å². The second-order valence-electron chi connectivity index (χ2n) is 5.04. The van der Waals surface area contributed by atoms with E-state index in [0.717, 1.165) is 11.4 Å². The molecule has 1 aromatic rings. The van der Waals surface area contributed by atoms with Gasteiger partial charge in [-0.15, -0.1) is 0 Å². The number of nitrogens with one attached hydrogen (secondary N) is 2. The zero-order valence-electron chi connectivity index (χ0n) is 11.8. The SMILES string of the molecule is CC(C)[C@H](C)NC(=O)Nc1ccccc1N(C)C. The average Bonchev–Trinajstić information content (AvgIpc) is 2.28. The molecule has 0 heterocycles. The van der Waals surface area contributed by atoms with Crippen molar-refractivity contribution in [2.24, 2.45) is 5.92 Å². The van der Waals surface area contributed by atoms with E-state index < -0.39 is 0 Å². The van der Waals surface area contributed by atoms with Gasteiger partial charge >= 0.3 is 6.03 Å². The highest BCUT2D eigenvalue weighted by molar-refractivity contribution is 5.93. The van der Waals surface area contributed by atoms with Crippen molar-refractivity contribution in [2.75, 3.05) is 24.3 Å². The number of carbonyl (C=O) groups is 1. The van der Waals surface area contributed by atoms with Gasteiger partial charge in [-0.3, -0.25) is 0 Å². The fourth-order valence-electron chi connectivity index (χ4n) is 1.50. The molecule has 0 saturated heterocycles. The van der Waals surface area contributed by atoms with Crippen LogP contribution in [0, 0.1) is 5.92 Å². The molecule has 0 bridgehead atoms. The smallest absolute Gasteiger partial charge is 0.319 e. The van der Waals surface area contributed by atoms with Crippen LogP contribution in [0.25, 0.3) is 0 Å². The normalized spacial score (nSPS) is 12.1. The molecule has 0 aliphatic rings. The minimum atomic E-state index is -0.162. The van der Waals surface area contributed by atoms with Crippen molar-refractivity contribution in [1.82, 2.24) is 5.32 Å². The molecule has 0 aliphatic heterocycles. The molecule has 0 aliphatic carbocycles. The van der Waals surface area contributed by atoms with Crippen molar-refractivity contribution in [3.8, 4) is 0 Å². The van der Waals surface area contributed by atoms with Gasteiger partial charge in [0.1, 0.15) is 0 Å². The lowest BCUT2D eigenvalue weighted by molar-refractivity contribution is 0.246. The Bertz CT molecular complexity index is 402. The van der Waals surface area contributed by atoms with E-state index in [0.29, 0.717) is 5.92 Å². The molecule has 0 unspecified atom stereocenters. The van der Waals surface area contributed by atoms with E-state index >= 15 is 0 Å². The summed E-state index contributed by atoms with van der Waals surface area (Å²) in [6.07, 6.45) is 0. The van der Waals surface area contributed by atoms with Crippen LogP contribution >= 0.6 is 0 Å². The summed E-state index contributed by atoms with van der Waals surface area (Å²) in [6, 6.07) is 7.72. The van der Waals surface area contributed by atoms with Crippen molar-refractivity contribution in [1.29, 1.82) is 0 Å². The van der Waals surface area contributed by atoms with E-state index in [1.165, 1.54) is 0 Å². The number of benzene rings is 1. The third-order valence-corrected chi connectivity index (χ3v) is 2.99. The van der Waals surface area contributed by atoms with Crippen LogP contribution < -0.4 is 15.5 Å². The molecular formula is C14H23N3O. The molecule has 2 amide bonds. The van der Waals surface area contributed by atoms with E-state index in [4.69, 9.17) is 0 Å². The highest BCUT2D eigenvalue weighted by Gasteiger charge is 2.12. The van der Waals surface area contributed by atoms with Gasteiger partial charge in [-0.05, 0) is 25.0 Å². The monoisotopic (exact) mass is 249 g/mol. The van der Waals surface area contributed by atoms with E-state index in [1.807, 2.05) is 50.2 Å². The molecule has 18 heavy (non-hydrogen) atoms. The Hall–Kier alpha value is -1.71. The number of hydrogen-bond acceptors (Lipinski definition) is 2. The molecule has 100 valence electrons. The van der Waals surface area contributed by atoms with Crippen LogP contribution in [0.5, 0.6) is 0 Å². The summed E-state index contributed by atoms with van der Waals surface area (Å²) in [5.41, 5.74) is 1.81. The van der Waals surface area contributed by atoms with Crippen LogP contribution in [0.1, 0.15) is 20.8 Å². The number of para-hydroxylation sites is 2. The summed E-state index contributed by atoms with van der Waals surface area (Å²) in [5.74, 6) is 0.417. The van der Waals surface area contributed by atoms with Gasteiger partial charge in [-0.1, -0.05) is 26.0 Å². The van der Waals surface area contributed by atoms with Gasteiger partial charge in [0.25, 0.3) is 0 Å². The number of rotatable bonds is 4. The molecule has 4 heteroatoms. The minimum absolute atomic E-state index is 0.150. The number of nitrogens with zero attached hydrogens (tertiary/aromatic N) is 1. The number of urea groups is 1. The van der Waals surface area contributed by atoms with Crippen molar-refractivity contribution >= 4 is 17.4 Å². The van der Waals surface area contributed by atoms with Gasteiger partial charge < -0.3 is 15.5 Å². The third-order valence-electron chi connectivity index (χ3n) is 2.99. The van der Waals surface area contributed by atoms with Crippen LogP contribution in [-0.4, -0.2) is 26.2 Å². The number of anilines is 2. The molecule has 1 aromatic carbocycles. The molecule has 4 nitrogen and oxygen atoms in total. The van der Waals surface area contributed by atoms with Gasteiger partial charge in [0.2, 0.25) is 0 Å². The zero-order valence-corrected chi connectivity index (χ0v) is 11.8. The summed E-state index contributed by atoms with van der Waals surface area (Å²) in [6.45, 7) is 6.17. The zero-order chi connectivity index (χ0) is 13.7. The quantitative estimate of drug-likeness (QED) is 0.861. The Morgan fingerprint density at radius 1 is 1.17 bits per heavy atom. The Balaban J connectivity index is 2.70. The summed E-state index contributed by atoms with van der Waals surface area (Å²) in [7, 11) is 3.91. The first kappa shape index (κ1) is 14.4. The molecule has 0 fully saturated rings. The molecule has 1 rings (SSSR count). The van der Waals surface area contributed by atoms with Crippen LogP contribution in [0.2, 0.25) is 0 Å². The Morgan fingerprint density at radius 3 is 2.33 bits per heavy atom. The highest BCUT2D eigenvalue weighted by atomic mass is 16.2. The topological polar surface area (TPSA) is 44.4 Å². The maximum absolute atomic E-state index is 11.9. The lowest BCUT2D eigenvalue weighted by atomic mass is 10.1. The average molecular weight is 249 g/mol. The maximum Gasteiger partial charge on any atom is 0.319 e. The second kappa shape index (κ2) is 6.28. The van der Waals surface area contributed by atoms with Crippen molar-refractivity contribution in [2.45, 2.75) is 26.8 Å². The van der Waals surface area contributed by atoms with E-state index in [1.54, 1.807) is 0 Å². The van der Waals surface area contributed by atoms with E-state index in [9.17, 15) is 4.79 Å². The fourth-order valence-corrected chi connectivity index (χ4v) is 1.50. The predicted octanol–water partition coefficient (Wildman–Crippen LogP) is 2.92. The van der Waals surface area contributed by atoms with Gasteiger partial charge in [0.15, 0.2) is 0 Å². The van der Waals surface area contributed by atoms with Crippen LogP contribution in [0.4, 0.5) is 16.2 Å². The first-order chi connectivity index (χ1) is 8.41. The standard InChI is InChI=1S/C14H23N3O/c1-10(2)11(3)15-14(18)16-12-8-6-7-9-13(12)17(4)5/h6-11H,1-5H3,(H2,15,16,18)/t11-/m0/s1. The molecule has 2 N–H and O–H groups in total. The van der Waals surface area contributed by atoms with Crippen molar-refractivity contribution in [3.63, 3.8) is 0 Å². The fraction of sp³-hybridized carbons (Fsp3) is 0.500. The van der Waals surface area contributed by atoms with Crippen LogP contribution in [0.15, 0.2) is 24.3 Å². The van der Waals surface area contributed by atoms with E-state index in [2.05, 4.69) is 24.5 Å². The number of carbonyl (C=O) groups excluding carboxylic acids is 1. The Morgan fingerprint density at radius 2 is 1.78 bits per heavy atom. The molecule has 0 spiro atoms. The van der Waals surface area contributed by atoms with Crippen molar-refractivity contribution in [3.05, 3.63) is 24.3 Å². The Kier molecular flexibility index (Phi) is 5.01. The first-order valence-electron chi connectivity index (χ1n) is 6.25. The predicted molar refractivity (Wildman–Crippen MR) is 77.2 cm³/mol. The summed E-state index contributed by atoms with van der Waals surface area (Å²) in [4.78, 5) is 13.8. The first-order valence-corrected chi connectivity index (χ1v) is 6.25. The second-order valence-corrected chi connectivity index (χ2v) is 5.04. The van der Waals surface area contributed by atoms with Gasteiger partial charge in [0, 0.05) is 20.1 Å². The van der Waals surface area contributed by atoms with E-state index in [-0.39, 0.29) is 12.1 Å². The van der Waals surface area contributed by atoms with Crippen molar-refractivity contribution < 1.29 is 4.79 Å². The lowest BCUT2D eigenvalue weighted by Gasteiger charge is -2.20. The van der Waals surface area contributed by atoms with Crippen LogP contribution in [0.3, 0.4) is 0 Å². The molecule has 0 radical (unpaired) electrons. The number of hydrogen-bond donors (Lipinski definition) is 2. The lowest BCUT2D eigenvalue weighted by Crippen LogP contribution is -2.39. The molecule has 0 saturated carbocycles. The molecule has 1 atom stereocenters. The minimum Gasteiger partial charge on any atom is -0.376 e. The summed E-state index contributed by atoms with van der Waals surface area (Å²) >= 11 is 0. The summed E-state index contributed by atoms with van der Waals surface area (Å²) < 4.78 is 0. The molecule has 0 aromatic heterocycles. The third kappa shape index (κ3) is 3.95. The van der Waals surface area contributed by atoms with Gasteiger partial charge in [0.05, 0.1) is 11.4 Å². The molecular weight excluding hydrogens is 226 g/mol. The largest absolute Gasteiger partial charge is 0.376 e.